The van der Waals surface area contributed by atoms with Crippen LogP contribution in [-0.4, -0.2) is 23.0 Å². The van der Waals surface area contributed by atoms with Crippen LogP contribution >= 0.6 is 0 Å². The molecule has 18 heavy (non-hydrogen) atoms. The fourth-order valence-corrected chi connectivity index (χ4v) is 3.78. The lowest BCUT2D eigenvalue weighted by Gasteiger charge is -2.33. The van der Waals surface area contributed by atoms with Gasteiger partial charge in [-0.05, 0) is 47.0 Å². The molecule has 2 rings (SSSR count). The number of carbonyl (C=O) groups is 1. The average Bonchev–Trinajstić information content (AvgIpc) is 2.46. The van der Waals surface area contributed by atoms with Crippen LogP contribution in [0.3, 0.4) is 0 Å². The molecule has 0 aromatic heterocycles. The van der Waals surface area contributed by atoms with Gasteiger partial charge in [-0.15, -0.1) is 0 Å². The lowest BCUT2D eigenvalue weighted by atomic mass is 9.73. The SMILES string of the molecule is CC1(C)CC(C(=O)C2CCCCC2N)C(C)(C)O1. The van der Waals surface area contributed by atoms with E-state index in [1.54, 1.807) is 0 Å². The molecule has 3 nitrogen and oxygen atoms in total. The van der Waals surface area contributed by atoms with Crippen molar-refractivity contribution in [2.24, 2.45) is 17.6 Å². The van der Waals surface area contributed by atoms with Crippen LogP contribution in [-0.2, 0) is 9.53 Å². The molecule has 0 radical (unpaired) electrons. The summed E-state index contributed by atoms with van der Waals surface area (Å²) < 4.78 is 6.03. The zero-order valence-corrected chi connectivity index (χ0v) is 12.2. The first-order chi connectivity index (χ1) is 8.23. The molecule has 104 valence electrons. The van der Waals surface area contributed by atoms with Crippen molar-refractivity contribution in [1.29, 1.82) is 0 Å². The van der Waals surface area contributed by atoms with E-state index in [4.69, 9.17) is 10.5 Å². The van der Waals surface area contributed by atoms with E-state index in [0.717, 1.165) is 25.7 Å². The smallest absolute Gasteiger partial charge is 0.143 e. The molecule has 2 fully saturated rings. The van der Waals surface area contributed by atoms with Crippen LogP contribution < -0.4 is 5.73 Å². The molecule has 2 aliphatic rings. The predicted molar refractivity (Wildman–Crippen MR) is 72.3 cm³/mol. The normalized spacial score (nSPS) is 38.6. The lowest BCUT2D eigenvalue weighted by molar-refractivity contribution is -0.134. The number of rotatable bonds is 2. The minimum atomic E-state index is -0.349. The zero-order valence-electron chi connectivity index (χ0n) is 12.2. The Kier molecular flexibility index (Phi) is 3.58. The maximum atomic E-state index is 12.8. The summed E-state index contributed by atoms with van der Waals surface area (Å²) in [5.41, 5.74) is 5.60. The molecule has 0 bridgehead atoms. The molecule has 0 spiro atoms. The van der Waals surface area contributed by atoms with Gasteiger partial charge < -0.3 is 10.5 Å². The molecule has 2 N–H and O–H groups in total. The Morgan fingerprint density at radius 3 is 2.28 bits per heavy atom. The van der Waals surface area contributed by atoms with Crippen molar-refractivity contribution in [3.05, 3.63) is 0 Å². The highest BCUT2D eigenvalue weighted by Gasteiger charge is 2.51. The second kappa shape index (κ2) is 4.61. The molecular weight excluding hydrogens is 226 g/mol. The Labute approximate surface area is 110 Å². The molecule has 1 saturated carbocycles. The molecule has 0 amide bonds. The highest BCUT2D eigenvalue weighted by atomic mass is 16.5. The van der Waals surface area contributed by atoms with Gasteiger partial charge in [0.15, 0.2) is 0 Å². The average molecular weight is 253 g/mol. The molecule has 3 unspecified atom stereocenters. The standard InChI is InChI=1S/C15H27NO2/c1-14(2)9-11(15(3,4)18-14)13(17)10-7-5-6-8-12(10)16/h10-12H,5-9,16H2,1-4H3. The summed E-state index contributed by atoms with van der Waals surface area (Å²) in [4.78, 5) is 12.8. The number of ketones is 1. The van der Waals surface area contributed by atoms with E-state index in [9.17, 15) is 4.79 Å². The highest BCUT2D eigenvalue weighted by molar-refractivity contribution is 5.85. The summed E-state index contributed by atoms with van der Waals surface area (Å²) in [5.74, 6) is 0.403. The van der Waals surface area contributed by atoms with Crippen molar-refractivity contribution in [2.45, 2.75) is 77.0 Å². The van der Waals surface area contributed by atoms with Crippen molar-refractivity contribution in [1.82, 2.24) is 0 Å². The van der Waals surface area contributed by atoms with Gasteiger partial charge in [-0.3, -0.25) is 4.79 Å². The van der Waals surface area contributed by atoms with Crippen molar-refractivity contribution >= 4 is 5.78 Å². The lowest BCUT2D eigenvalue weighted by Crippen LogP contribution is -2.44. The summed E-state index contributed by atoms with van der Waals surface area (Å²) in [6.07, 6.45) is 5.09. The number of ether oxygens (including phenoxy) is 1. The number of nitrogens with two attached hydrogens (primary N) is 1. The third-order valence-corrected chi connectivity index (χ3v) is 4.60. The Morgan fingerprint density at radius 2 is 1.78 bits per heavy atom. The zero-order chi connectivity index (χ0) is 13.6. The second-order valence-corrected chi connectivity index (χ2v) is 7.18. The molecular formula is C15H27NO2. The minimum absolute atomic E-state index is 0.00153. The van der Waals surface area contributed by atoms with Crippen LogP contribution in [0.5, 0.6) is 0 Å². The van der Waals surface area contributed by atoms with Crippen LogP contribution in [0.4, 0.5) is 0 Å². The first kappa shape index (κ1) is 14.0. The van der Waals surface area contributed by atoms with Gasteiger partial charge in [0, 0.05) is 17.9 Å². The summed E-state index contributed by atoms with van der Waals surface area (Å²) >= 11 is 0. The van der Waals surface area contributed by atoms with E-state index in [0.29, 0.717) is 5.78 Å². The van der Waals surface area contributed by atoms with Crippen LogP contribution in [0.2, 0.25) is 0 Å². The summed E-state index contributed by atoms with van der Waals surface area (Å²) in [6.45, 7) is 8.23. The van der Waals surface area contributed by atoms with Crippen molar-refractivity contribution in [2.75, 3.05) is 0 Å². The number of hydrogen-bond donors (Lipinski definition) is 1. The van der Waals surface area contributed by atoms with Gasteiger partial charge in [0.05, 0.1) is 11.2 Å². The predicted octanol–water partition coefficient (Wildman–Crippen LogP) is 2.67. The first-order valence-corrected chi connectivity index (χ1v) is 7.22. The molecule has 3 atom stereocenters. The molecule has 1 aliphatic heterocycles. The van der Waals surface area contributed by atoms with Crippen LogP contribution in [0.25, 0.3) is 0 Å². The van der Waals surface area contributed by atoms with Crippen molar-refractivity contribution in [3.8, 4) is 0 Å². The quantitative estimate of drug-likeness (QED) is 0.823. The van der Waals surface area contributed by atoms with Gasteiger partial charge in [0.1, 0.15) is 5.78 Å². The Morgan fingerprint density at radius 1 is 1.17 bits per heavy atom. The van der Waals surface area contributed by atoms with Gasteiger partial charge in [-0.2, -0.15) is 0 Å². The van der Waals surface area contributed by atoms with Crippen LogP contribution in [0.1, 0.15) is 59.8 Å². The Balaban J connectivity index is 2.13. The van der Waals surface area contributed by atoms with E-state index in [1.807, 2.05) is 13.8 Å². The first-order valence-electron chi connectivity index (χ1n) is 7.22. The maximum absolute atomic E-state index is 12.8. The molecule has 3 heteroatoms. The Hall–Kier alpha value is -0.410. The number of hydrogen-bond acceptors (Lipinski definition) is 3. The molecule has 0 aromatic rings. The topological polar surface area (TPSA) is 52.3 Å². The fraction of sp³-hybridized carbons (Fsp3) is 0.933. The number of Topliss-reactive ketones (excluding diaryl/α,β-unsaturated/α-hetero) is 1. The van der Waals surface area contributed by atoms with Crippen LogP contribution in [0, 0.1) is 11.8 Å². The minimum Gasteiger partial charge on any atom is -0.369 e. The van der Waals surface area contributed by atoms with Crippen molar-refractivity contribution < 1.29 is 9.53 Å². The van der Waals surface area contributed by atoms with Gasteiger partial charge in [0.25, 0.3) is 0 Å². The second-order valence-electron chi connectivity index (χ2n) is 7.18. The molecule has 1 aliphatic carbocycles. The summed E-state index contributed by atoms with van der Waals surface area (Å²) in [7, 11) is 0. The van der Waals surface area contributed by atoms with Crippen molar-refractivity contribution in [3.63, 3.8) is 0 Å². The maximum Gasteiger partial charge on any atom is 0.143 e. The number of carbonyl (C=O) groups excluding carboxylic acids is 1. The third kappa shape index (κ3) is 2.62. The van der Waals surface area contributed by atoms with Gasteiger partial charge in [0.2, 0.25) is 0 Å². The van der Waals surface area contributed by atoms with E-state index in [-0.39, 0.29) is 29.1 Å². The van der Waals surface area contributed by atoms with Gasteiger partial charge in [-0.25, -0.2) is 0 Å². The summed E-state index contributed by atoms with van der Waals surface area (Å²) in [5, 5.41) is 0. The summed E-state index contributed by atoms with van der Waals surface area (Å²) in [6, 6.07) is 0.0609. The van der Waals surface area contributed by atoms with E-state index in [2.05, 4.69) is 13.8 Å². The fourth-order valence-electron chi connectivity index (χ4n) is 3.78. The third-order valence-electron chi connectivity index (χ3n) is 4.60. The Bertz CT molecular complexity index is 335. The van der Waals surface area contributed by atoms with Gasteiger partial charge >= 0.3 is 0 Å². The molecule has 1 heterocycles. The van der Waals surface area contributed by atoms with Gasteiger partial charge in [-0.1, -0.05) is 12.8 Å². The monoisotopic (exact) mass is 253 g/mol. The molecule has 1 saturated heterocycles. The molecule has 0 aromatic carbocycles. The highest BCUT2D eigenvalue weighted by Crippen LogP contribution is 2.44. The van der Waals surface area contributed by atoms with E-state index in [1.165, 1.54) is 6.42 Å². The van der Waals surface area contributed by atoms with Crippen LogP contribution in [0.15, 0.2) is 0 Å². The largest absolute Gasteiger partial charge is 0.369 e. The van der Waals surface area contributed by atoms with E-state index >= 15 is 0 Å². The van der Waals surface area contributed by atoms with E-state index < -0.39 is 0 Å².